The van der Waals surface area contributed by atoms with Crippen molar-refractivity contribution < 1.29 is 0 Å². The van der Waals surface area contributed by atoms with Gasteiger partial charge in [-0.15, -0.1) is 0 Å². The monoisotopic (exact) mass is 342 g/mol. The molecule has 0 fully saturated rings. The Bertz CT molecular complexity index is 1060. The van der Waals surface area contributed by atoms with Crippen LogP contribution in [0.2, 0.25) is 0 Å². The molecule has 4 aromatic rings. The fraction of sp³-hybridized carbons (Fsp3) is 0. The normalized spacial score (nSPS) is 12.7. The van der Waals surface area contributed by atoms with E-state index in [0.29, 0.717) is 0 Å². The Hall–Kier alpha value is -2.16. The van der Waals surface area contributed by atoms with Crippen LogP contribution in [0.15, 0.2) is 105 Å². The summed E-state index contributed by atoms with van der Waals surface area (Å²) in [6, 6.07) is 30.5. The van der Waals surface area contributed by atoms with Crippen molar-refractivity contribution in [1.29, 1.82) is 0 Å². The Kier molecular flexibility index (Phi) is 3.39. The molecule has 0 amide bonds. The van der Waals surface area contributed by atoms with Crippen LogP contribution < -0.4 is 0 Å². The topological polar surface area (TPSA) is 0 Å². The number of benzene rings is 4. The molecule has 0 saturated heterocycles. The third kappa shape index (κ3) is 2.26. The molecule has 5 rings (SSSR count). The second kappa shape index (κ2) is 5.73. The highest BCUT2D eigenvalue weighted by Crippen LogP contribution is 2.52. The summed E-state index contributed by atoms with van der Waals surface area (Å²) in [4.78, 5) is 5.43. The van der Waals surface area contributed by atoms with Gasteiger partial charge in [-0.2, -0.15) is 0 Å². The molecule has 0 bridgehead atoms. The van der Waals surface area contributed by atoms with Crippen LogP contribution in [0.4, 0.5) is 0 Å². The molecular formula is C22H14S2. The highest BCUT2D eigenvalue weighted by atomic mass is 32.2. The molecule has 0 radical (unpaired) electrons. The molecular weight excluding hydrogens is 328 g/mol. The molecule has 0 spiro atoms. The first kappa shape index (κ1) is 14.2. The van der Waals surface area contributed by atoms with Crippen LogP contribution in [-0.2, 0) is 0 Å². The Morgan fingerprint density at radius 1 is 0.458 bits per heavy atom. The summed E-state index contributed by atoms with van der Waals surface area (Å²) in [6.07, 6.45) is 0. The van der Waals surface area contributed by atoms with Crippen molar-refractivity contribution >= 4 is 34.3 Å². The Balaban J connectivity index is 1.74. The van der Waals surface area contributed by atoms with Gasteiger partial charge in [0.2, 0.25) is 0 Å². The van der Waals surface area contributed by atoms with Crippen LogP contribution in [0.3, 0.4) is 0 Å². The maximum atomic E-state index is 2.25. The van der Waals surface area contributed by atoms with Gasteiger partial charge in [-0.25, -0.2) is 0 Å². The Morgan fingerprint density at radius 3 is 2.00 bits per heavy atom. The molecule has 114 valence electrons. The van der Waals surface area contributed by atoms with Crippen LogP contribution in [0.25, 0.3) is 21.9 Å². The first-order chi connectivity index (χ1) is 11.9. The van der Waals surface area contributed by atoms with Crippen LogP contribution >= 0.6 is 23.5 Å². The maximum absolute atomic E-state index is 2.25. The zero-order valence-electron chi connectivity index (χ0n) is 12.9. The number of hydrogen-bond donors (Lipinski definition) is 0. The number of fused-ring (bicyclic) bond motifs is 3. The molecule has 0 unspecified atom stereocenters. The molecule has 0 aliphatic carbocycles. The van der Waals surface area contributed by atoms with E-state index in [4.69, 9.17) is 0 Å². The van der Waals surface area contributed by atoms with Gasteiger partial charge in [0.05, 0.1) is 0 Å². The summed E-state index contributed by atoms with van der Waals surface area (Å²) in [5.41, 5.74) is 2.65. The first-order valence-corrected chi connectivity index (χ1v) is 9.59. The molecule has 0 N–H and O–H groups in total. The molecule has 1 aliphatic heterocycles. The minimum absolute atomic E-state index is 1.29. The second-order valence-corrected chi connectivity index (χ2v) is 7.95. The standard InChI is InChI=1S/C22H14S2/c1-2-9-16-15(7-1)8-5-10-17(16)18-11-6-14-21-22(18)24-20-13-4-3-12-19(20)23-21/h1-14H. The molecule has 1 aliphatic rings. The van der Waals surface area contributed by atoms with E-state index in [1.54, 1.807) is 0 Å². The fourth-order valence-corrected chi connectivity index (χ4v) is 5.61. The van der Waals surface area contributed by atoms with Crippen molar-refractivity contribution in [1.82, 2.24) is 0 Å². The predicted molar refractivity (Wildman–Crippen MR) is 104 cm³/mol. The van der Waals surface area contributed by atoms with Crippen LogP contribution in [-0.4, -0.2) is 0 Å². The number of rotatable bonds is 1. The lowest BCUT2D eigenvalue weighted by atomic mass is 9.98. The van der Waals surface area contributed by atoms with Crippen molar-refractivity contribution in [3.63, 3.8) is 0 Å². The number of hydrogen-bond acceptors (Lipinski definition) is 2. The van der Waals surface area contributed by atoms with Gasteiger partial charge in [-0.1, -0.05) is 90.3 Å². The predicted octanol–water partition coefficient (Wildman–Crippen LogP) is 7.12. The molecule has 0 atom stereocenters. The van der Waals surface area contributed by atoms with E-state index in [0.717, 1.165) is 0 Å². The summed E-state index contributed by atoms with van der Waals surface area (Å²) >= 11 is 3.77. The highest BCUT2D eigenvalue weighted by molar-refractivity contribution is 8.05. The van der Waals surface area contributed by atoms with E-state index in [2.05, 4.69) is 84.9 Å². The van der Waals surface area contributed by atoms with E-state index in [1.807, 2.05) is 23.5 Å². The van der Waals surface area contributed by atoms with E-state index >= 15 is 0 Å². The summed E-state index contributed by atoms with van der Waals surface area (Å²) < 4.78 is 0. The lowest BCUT2D eigenvalue weighted by Crippen LogP contribution is -1.92. The van der Waals surface area contributed by atoms with Gasteiger partial charge in [-0.05, 0) is 40.1 Å². The lowest BCUT2D eigenvalue weighted by molar-refractivity contribution is 1.16. The minimum Gasteiger partial charge on any atom is -0.0877 e. The Morgan fingerprint density at radius 2 is 1.08 bits per heavy atom. The zero-order chi connectivity index (χ0) is 15.9. The van der Waals surface area contributed by atoms with Crippen LogP contribution in [0, 0.1) is 0 Å². The van der Waals surface area contributed by atoms with Gasteiger partial charge in [0.15, 0.2) is 0 Å². The van der Waals surface area contributed by atoms with E-state index in [9.17, 15) is 0 Å². The van der Waals surface area contributed by atoms with Gasteiger partial charge >= 0.3 is 0 Å². The van der Waals surface area contributed by atoms with Gasteiger partial charge in [0.25, 0.3) is 0 Å². The fourth-order valence-electron chi connectivity index (χ4n) is 3.22. The van der Waals surface area contributed by atoms with E-state index < -0.39 is 0 Å². The van der Waals surface area contributed by atoms with Gasteiger partial charge in [0, 0.05) is 19.6 Å². The summed E-state index contributed by atoms with van der Waals surface area (Å²) in [5.74, 6) is 0. The summed E-state index contributed by atoms with van der Waals surface area (Å²) in [6.45, 7) is 0. The SMILES string of the molecule is c1ccc2c(c1)Sc1cccc(-c3cccc4ccccc34)c1S2. The molecule has 1 heterocycles. The second-order valence-electron chi connectivity index (χ2n) is 5.81. The van der Waals surface area contributed by atoms with Gasteiger partial charge in [0.1, 0.15) is 0 Å². The summed E-state index contributed by atoms with van der Waals surface area (Å²) in [7, 11) is 0. The average Bonchev–Trinajstić information content (AvgIpc) is 2.65. The molecule has 0 aromatic heterocycles. The lowest BCUT2D eigenvalue weighted by Gasteiger charge is -2.21. The van der Waals surface area contributed by atoms with Crippen molar-refractivity contribution in [2.75, 3.05) is 0 Å². The molecule has 4 aromatic carbocycles. The first-order valence-electron chi connectivity index (χ1n) is 7.96. The molecule has 0 nitrogen and oxygen atoms in total. The zero-order valence-corrected chi connectivity index (χ0v) is 14.5. The molecule has 24 heavy (non-hydrogen) atoms. The molecule has 0 saturated carbocycles. The Labute approximate surface area is 149 Å². The quantitative estimate of drug-likeness (QED) is 0.318. The maximum Gasteiger partial charge on any atom is 0.0341 e. The van der Waals surface area contributed by atoms with E-state index in [1.165, 1.54) is 41.5 Å². The van der Waals surface area contributed by atoms with Crippen molar-refractivity contribution in [2.24, 2.45) is 0 Å². The van der Waals surface area contributed by atoms with Gasteiger partial charge in [-0.3, -0.25) is 0 Å². The van der Waals surface area contributed by atoms with Crippen molar-refractivity contribution in [2.45, 2.75) is 19.6 Å². The van der Waals surface area contributed by atoms with Gasteiger partial charge < -0.3 is 0 Å². The summed E-state index contributed by atoms with van der Waals surface area (Å²) in [5, 5.41) is 2.61. The van der Waals surface area contributed by atoms with Crippen molar-refractivity contribution in [3.8, 4) is 11.1 Å². The molecule has 2 heteroatoms. The largest absolute Gasteiger partial charge is 0.0877 e. The van der Waals surface area contributed by atoms with Crippen molar-refractivity contribution in [3.05, 3.63) is 84.9 Å². The third-order valence-electron chi connectivity index (χ3n) is 4.34. The highest BCUT2D eigenvalue weighted by Gasteiger charge is 2.20. The smallest absolute Gasteiger partial charge is 0.0341 e. The van der Waals surface area contributed by atoms with Crippen LogP contribution in [0.1, 0.15) is 0 Å². The van der Waals surface area contributed by atoms with E-state index in [-0.39, 0.29) is 0 Å². The van der Waals surface area contributed by atoms with Crippen LogP contribution in [0.5, 0.6) is 0 Å². The minimum atomic E-state index is 1.29. The average molecular weight is 342 g/mol. The third-order valence-corrected chi connectivity index (χ3v) is 6.95.